The van der Waals surface area contributed by atoms with Gasteiger partial charge in [-0.1, -0.05) is 28.1 Å². The summed E-state index contributed by atoms with van der Waals surface area (Å²) in [7, 11) is 0. The van der Waals surface area contributed by atoms with E-state index in [0.29, 0.717) is 5.82 Å². The van der Waals surface area contributed by atoms with E-state index >= 15 is 0 Å². The zero-order valence-electron chi connectivity index (χ0n) is 10.1. The molecule has 100 valence electrons. The van der Waals surface area contributed by atoms with Gasteiger partial charge in [0.1, 0.15) is 5.82 Å². The Morgan fingerprint density at radius 2 is 1.75 bits per heavy atom. The average molecular weight is 414 g/mol. The molecule has 0 unspecified atom stereocenters. The molecule has 3 aromatic rings. The van der Waals surface area contributed by atoms with Crippen LogP contribution in [0.2, 0.25) is 5.28 Å². The van der Waals surface area contributed by atoms with Gasteiger partial charge in [0.25, 0.3) is 0 Å². The van der Waals surface area contributed by atoms with Crippen molar-refractivity contribution in [3.05, 3.63) is 56.8 Å². The van der Waals surface area contributed by atoms with E-state index in [0.717, 1.165) is 20.0 Å². The Labute approximate surface area is 137 Å². The van der Waals surface area contributed by atoms with Crippen LogP contribution >= 0.6 is 43.5 Å². The van der Waals surface area contributed by atoms with Crippen LogP contribution in [0.15, 0.2) is 51.5 Å². The fourth-order valence-electron chi connectivity index (χ4n) is 1.86. The third kappa shape index (κ3) is 2.95. The molecule has 0 atom stereocenters. The van der Waals surface area contributed by atoms with Crippen LogP contribution in [0, 0.1) is 0 Å². The van der Waals surface area contributed by atoms with Gasteiger partial charge in [0, 0.05) is 16.4 Å². The van der Waals surface area contributed by atoms with Gasteiger partial charge < -0.3 is 5.32 Å². The van der Waals surface area contributed by atoms with Gasteiger partial charge in [-0.2, -0.15) is 4.98 Å². The number of fused-ring (bicyclic) bond motifs is 1. The van der Waals surface area contributed by atoms with E-state index in [2.05, 4.69) is 71.4 Å². The molecule has 0 saturated carbocycles. The van der Waals surface area contributed by atoms with Gasteiger partial charge in [-0.15, -0.1) is 0 Å². The van der Waals surface area contributed by atoms with Crippen LogP contribution < -0.4 is 5.32 Å². The van der Waals surface area contributed by atoms with Gasteiger partial charge in [-0.25, -0.2) is 4.98 Å². The van der Waals surface area contributed by atoms with E-state index in [9.17, 15) is 0 Å². The van der Waals surface area contributed by atoms with Crippen LogP contribution in [0.3, 0.4) is 0 Å². The first-order chi connectivity index (χ1) is 9.61. The molecule has 0 aliphatic rings. The zero-order chi connectivity index (χ0) is 14.1. The Kier molecular flexibility index (Phi) is 3.92. The lowest BCUT2D eigenvalue weighted by Crippen LogP contribution is -1.96. The molecular formula is C14H8Br2ClN3. The molecule has 0 aliphatic carbocycles. The van der Waals surface area contributed by atoms with Crippen LogP contribution in [0.4, 0.5) is 11.5 Å². The average Bonchev–Trinajstić information content (AvgIpc) is 2.43. The second kappa shape index (κ2) is 5.68. The fraction of sp³-hybridized carbons (Fsp3) is 0. The van der Waals surface area contributed by atoms with Gasteiger partial charge in [0.2, 0.25) is 5.28 Å². The number of halogens is 3. The Morgan fingerprint density at radius 1 is 1.00 bits per heavy atom. The minimum atomic E-state index is 0.209. The molecule has 0 fully saturated rings. The molecule has 1 N–H and O–H groups in total. The van der Waals surface area contributed by atoms with Crippen LogP contribution in [-0.4, -0.2) is 9.97 Å². The summed E-state index contributed by atoms with van der Waals surface area (Å²) >= 11 is 12.7. The van der Waals surface area contributed by atoms with Crippen molar-refractivity contribution < 1.29 is 0 Å². The number of rotatable bonds is 2. The quantitative estimate of drug-likeness (QED) is 0.560. The smallest absolute Gasteiger partial charge is 0.224 e. The minimum Gasteiger partial charge on any atom is -0.339 e. The highest BCUT2D eigenvalue weighted by atomic mass is 79.9. The summed E-state index contributed by atoms with van der Waals surface area (Å²) < 4.78 is 1.83. The molecule has 3 nitrogen and oxygen atoms in total. The van der Waals surface area contributed by atoms with Gasteiger partial charge in [-0.05, 0) is 62.6 Å². The fourth-order valence-corrected chi connectivity index (χ4v) is 2.67. The third-order valence-corrected chi connectivity index (χ3v) is 4.04. The molecule has 0 spiro atoms. The Balaban J connectivity index is 1.98. The highest BCUT2D eigenvalue weighted by molar-refractivity contribution is 9.10. The number of anilines is 2. The number of nitrogens with zero attached hydrogens (tertiary/aromatic N) is 2. The van der Waals surface area contributed by atoms with Gasteiger partial charge in [0.05, 0.1) is 4.47 Å². The predicted octanol–water partition coefficient (Wildman–Crippen LogP) is 5.55. The summed E-state index contributed by atoms with van der Waals surface area (Å²) in [6.45, 7) is 0. The van der Waals surface area contributed by atoms with Crippen LogP contribution in [0.5, 0.6) is 0 Å². The minimum absolute atomic E-state index is 0.209. The molecular weight excluding hydrogens is 405 g/mol. The first kappa shape index (κ1) is 13.8. The van der Waals surface area contributed by atoms with E-state index < -0.39 is 0 Å². The molecule has 0 radical (unpaired) electrons. The Morgan fingerprint density at radius 3 is 2.60 bits per heavy atom. The maximum absolute atomic E-state index is 5.81. The highest BCUT2D eigenvalue weighted by Crippen LogP contribution is 2.27. The number of hydrogen-bond donors (Lipinski definition) is 1. The van der Waals surface area contributed by atoms with Crippen molar-refractivity contribution in [3.63, 3.8) is 0 Å². The highest BCUT2D eigenvalue weighted by Gasteiger charge is 2.05. The number of hydrogen-bond acceptors (Lipinski definition) is 3. The summed E-state index contributed by atoms with van der Waals surface area (Å²) in [6, 6.07) is 12.3. The monoisotopic (exact) mass is 411 g/mol. The van der Waals surface area contributed by atoms with Gasteiger partial charge in [0.15, 0.2) is 0 Å². The lowest BCUT2D eigenvalue weighted by Gasteiger charge is -2.08. The van der Waals surface area contributed by atoms with E-state index in [-0.39, 0.29) is 5.28 Å². The van der Waals surface area contributed by atoms with Crippen molar-refractivity contribution in [2.24, 2.45) is 0 Å². The molecule has 2 aromatic carbocycles. The van der Waals surface area contributed by atoms with Crippen LogP contribution in [0.1, 0.15) is 0 Å². The van der Waals surface area contributed by atoms with E-state index in [1.165, 1.54) is 5.39 Å². The number of nitrogens with one attached hydrogen (secondary N) is 1. The van der Waals surface area contributed by atoms with Crippen molar-refractivity contribution >= 4 is 65.7 Å². The second-order valence-electron chi connectivity index (χ2n) is 4.17. The zero-order valence-corrected chi connectivity index (χ0v) is 14.0. The maximum Gasteiger partial charge on any atom is 0.224 e. The normalized spacial score (nSPS) is 10.8. The molecule has 0 bridgehead atoms. The molecule has 0 aliphatic heterocycles. The van der Waals surface area contributed by atoms with E-state index in [4.69, 9.17) is 11.6 Å². The topological polar surface area (TPSA) is 37.8 Å². The molecule has 1 heterocycles. The van der Waals surface area contributed by atoms with Crippen molar-refractivity contribution in [1.82, 2.24) is 9.97 Å². The Hall–Kier alpha value is -1.17. The molecule has 0 amide bonds. The van der Waals surface area contributed by atoms with Crippen molar-refractivity contribution in [2.45, 2.75) is 0 Å². The van der Waals surface area contributed by atoms with Gasteiger partial charge >= 0.3 is 0 Å². The molecule has 1 aromatic heterocycles. The summed E-state index contributed by atoms with van der Waals surface area (Å²) in [6.07, 6.45) is 1.62. The standard InChI is InChI=1S/C14H8Br2ClN3/c15-10-3-1-9-6-11(4-2-8(9)5-10)19-13-12(16)7-18-14(17)20-13/h1-7H,(H,18,19,20). The van der Waals surface area contributed by atoms with Crippen LogP contribution in [-0.2, 0) is 0 Å². The maximum atomic E-state index is 5.81. The molecule has 3 rings (SSSR count). The molecule has 0 saturated heterocycles. The summed E-state index contributed by atoms with van der Waals surface area (Å²) in [5.74, 6) is 0.640. The van der Waals surface area contributed by atoms with Crippen molar-refractivity contribution in [1.29, 1.82) is 0 Å². The van der Waals surface area contributed by atoms with Gasteiger partial charge in [-0.3, -0.25) is 0 Å². The third-order valence-electron chi connectivity index (χ3n) is 2.78. The predicted molar refractivity (Wildman–Crippen MR) is 89.7 cm³/mol. The van der Waals surface area contributed by atoms with Crippen LogP contribution in [0.25, 0.3) is 10.8 Å². The first-order valence-electron chi connectivity index (χ1n) is 5.76. The van der Waals surface area contributed by atoms with Crippen molar-refractivity contribution in [3.8, 4) is 0 Å². The second-order valence-corrected chi connectivity index (χ2v) is 6.27. The summed E-state index contributed by atoms with van der Waals surface area (Å²) in [4.78, 5) is 8.05. The van der Waals surface area contributed by atoms with E-state index in [1.807, 2.05) is 12.1 Å². The molecule has 6 heteroatoms. The van der Waals surface area contributed by atoms with Crippen molar-refractivity contribution in [2.75, 3.05) is 5.32 Å². The van der Waals surface area contributed by atoms with E-state index in [1.54, 1.807) is 6.20 Å². The lowest BCUT2D eigenvalue weighted by molar-refractivity contribution is 1.15. The summed E-state index contributed by atoms with van der Waals surface area (Å²) in [5.41, 5.74) is 0.940. The number of benzene rings is 2. The first-order valence-corrected chi connectivity index (χ1v) is 7.72. The lowest BCUT2D eigenvalue weighted by atomic mass is 10.1. The largest absolute Gasteiger partial charge is 0.339 e. The molecule has 20 heavy (non-hydrogen) atoms. The summed E-state index contributed by atoms with van der Waals surface area (Å²) in [5, 5.41) is 5.75. The SMILES string of the molecule is Clc1ncc(Br)c(Nc2ccc3cc(Br)ccc3c2)n1. The number of aromatic nitrogens is 2. The Bertz CT molecular complexity index is 792.